The van der Waals surface area contributed by atoms with Gasteiger partial charge in [0.15, 0.2) is 5.75 Å². The summed E-state index contributed by atoms with van der Waals surface area (Å²) in [5, 5.41) is 11.3. The number of fused-ring (bicyclic) bond motifs is 4. The predicted octanol–water partition coefficient (Wildman–Crippen LogP) is 4.24. The van der Waals surface area contributed by atoms with E-state index in [1.165, 1.54) is 12.1 Å². The van der Waals surface area contributed by atoms with E-state index in [0.29, 0.717) is 33.7 Å². The average Bonchev–Trinajstić information content (AvgIpc) is 2.70. The Morgan fingerprint density at radius 2 is 1.89 bits per heavy atom. The molecule has 28 heavy (non-hydrogen) atoms. The van der Waals surface area contributed by atoms with E-state index >= 15 is 4.39 Å². The summed E-state index contributed by atoms with van der Waals surface area (Å²) >= 11 is 0. The lowest BCUT2D eigenvalue weighted by Crippen LogP contribution is -2.34. The van der Waals surface area contributed by atoms with Crippen LogP contribution in [0.1, 0.15) is 0 Å². The van der Waals surface area contributed by atoms with Gasteiger partial charge in [-0.05, 0) is 36.4 Å². The van der Waals surface area contributed by atoms with Gasteiger partial charge in [0.1, 0.15) is 31.0 Å². The van der Waals surface area contributed by atoms with Gasteiger partial charge in [0, 0.05) is 5.39 Å². The number of benzene rings is 3. The molecule has 3 aromatic carbocycles. The third-order valence-electron chi connectivity index (χ3n) is 5.07. The Labute approximate surface area is 159 Å². The number of aliphatic hydroxyl groups excluding tert-OH is 1. The maximum absolute atomic E-state index is 15.3. The van der Waals surface area contributed by atoms with Gasteiger partial charge in [0.2, 0.25) is 11.5 Å². The Bertz CT molecular complexity index is 1270. The fourth-order valence-corrected chi connectivity index (χ4v) is 3.93. The Hall–Kier alpha value is -3.25. The topological polar surface area (TPSA) is 42.6 Å². The summed E-state index contributed by atoms with van der Waals surface area (Å²) < 4.78 is 42.4. The van der Waals surface area contributed by atoms with Crippen molar-refractivity contribution in [1.82, 2.24) is 0 Å². The largest absolute Gasteiger partial charge is 0.488 e. The third-order valence-corrected chi connectivity index (χ3v) is 5.07. The van der Waals surface area contributed by atoms with E-state index in [-0.39, 0.29) is 19.0 Å². The van der Waals surface area contributed by atoms with Crippen molar-refractivity contribution in [2.45, 2.75) is 0 Å². The number of ether oxygens (including phenoxy) is 2. The molecule has 6 heteroatoms. The van der Waals surface area contributed by atoms with E-state index in [0.717, 1.165) is 10.8 Å². The number of halogens is 2. The fraction of sp³-hybridized carbons (Fsp3) is 0.136. The molecule has 4 nitrogen and oxygen atoms in total. The van der Waals surface area contributed by atoms with Gasteiger partial charge in [0.05, 0.1) is 22.9 Å². The van der Waals surface area contributed by atoms with E-state index in [4.69, 9.17) is 14.6 Å². The summed E-state index contributed by atoms with van der Waals surface area (Å²) in [5.41, 5.74) is 1.58. The average molecular weight is 380 g/mol. The van der Waals surface area contributed by atoms with Gasteiger partial charge in [-0.3, -0.25) is 0 Å². The number of aromatic nitrogens is 1. The second-order valence-corrected chi connectivity index (χ2v) is 6.67. The van der Waals surface area contributed by atoms with Crippen molar-refractivity contribution in [2.24, 2.45) is 7.05 Å². The highest BCUT2D eigenvalue weighted by molar-refractivity contribution is 6.12. The summed E-state index contributed by atoms with van der Waals surface area (Å²) in [6, 6.07) is 13.2. The number of aliphatic hydroxyl groups is 1. The second kappa shape index (κ2) is 6.14. The van der Waals surface area contributed by atoms with Crippen molar-refractivity contribution in [2.75, 3.05) is 13.2 Å². The maximum atomic E-state index is 15.3. The molecule has 1 aliphatic heterocycles. The smallest absolute Gasteiger partial charge is 0.253 e. The second-order valence-electron chi connectivity index (χ2n) is 6.67. The molecule has 1 aliphatic rings. The van der Waals surface area contributed by atoms with Gasteiger partial charge < -0.3 is 14.6 Å². The molecule has 0 saturated heterocycles. The highest BCUT2D eigenvalue weighted by Gasteiger charge is 2.32. The minimum Gasteiger partial charge on any atom is -0.488 e. The van der Waals surface area contributed by atoms with E-state index in [2.05, 4.69) is 0 Å². The molecule has 0 atom stereocenters. The van der Waals surface area contributed by atoms with Crippen molar-refractivity contribution in [3.05, 3.63) is 60.2 Å². The molecule has 0 aliphatic carbocycles. The number of nitrogens with zero attached hydrogens (tertiary/aromatic N) is 1. The standard InChI is InChI=1S/C22H16F2NO3/c1-25-21-15-11-12(23)5-7-16(15)28-17-4-2-3-13(19(17)21)14-6-8-18(27-10-9-26)20(24)22(14)25/h2-8,11,26H,9-10H2,1H3/q+1. The summed E-state index contributed by atoms with van der Waals surface area (Å²) in [6.07, 6.45) is 0. The Kier molecular flexibility index (Phi) is 3.70. The molecule has 5 rings (SSSR count). The van der Waals surface area contributed by atoms with Gasteiger partial charge in [-0.25, -0.2) is 4.39 Å². The van der Waals surface area contributed by atoms with Crippen LogP contribution in [0, 0.1) is 11.6 Å². The minimum absolute atomic E-state index is 0.00138. The number of rotatable bonds is 3. The van der Waals surface area contributed by atoms with E-state index in [9.17, 15) is 4.39 Å². The predicted molar refractivity (Wildman–Crippen MR) is 101 cm³/mol. The molecular weight excluding hydrogens is 364 g/mol. The van der Waals surface area contributed by atoms with Crippen molar-refractivity contribution in [1.29, 1.82) is 0 Å². The first kappa shape index (κ1) is 16.9. The van der Waals surface area contributed by atoms with Crippen LogP contribution in [0.25, 0.3) is 32.9 Å². The monoisotopic (exact) mass is 380 g/mol. The molecule has 1 aromatic heterocycles. The first-order chi connectivity index (χ1) is 13.6. The zero-order chi connectivity index (χ0) is 19.4. The fourth-order valence-electron chi connectivity index (χ4n) is 3.93. The van der Waals surface area contributed by atoms with Crippen LogP contribution in [-0.4, -0.2) is 18.3 Å². The van der Waals surface area contributed by atoms with Crippen LogP contribution in [0.5, 0.6) is 17.2 Å². The summed E-state index contributed by atoms with van der Waals surface area (Å²) in [7, 11) is 1.74. The van der Waals surface area contributed by atoms with Gasteiger partial charge in [0.25, 0.3) is 5.52 Å². The molecule has 0 unspecified atom stereocenters. The lowest BCUT2D eigenvalue weighted by molar-refractivity contribution is -0.633. The SMILES string of the molecule is C[n+]1c2c3c(cccc3c3ccc(OCCO)c(F)c31)Oc1ccc(F)cc1-2. The first-order valence-electron chi connectivity index (χ1n) is 8.88. The zero-order valence-electron chi connectivity index (χ0n) is 15.0. The number of pyridine rings is 1. The lowest BCUT2D eigenvalue weighted by Gasteiger charge is -2.20. The molecule has 4 aromatic rings. The molecule has 0 saturated carbocycles. The first-order valence-corrected chi connectivity index (χ1v) is 8.88. The summed E-state index contributed by atoms with van der Waals surface area (Å²) in [5.74, 6) is 0.304. The normalized spacial score (nSPS) is 12.1. The van der Waals surface area contributed by atoms with Crippen LogP contribution in [0.15, 0.2) is 48.5 Å². The molecule has 140 valence electrons. The van der Waals surface area contributed by atoms with E-state index < -0.39 is 11.6 Å². The number of hydrogen-bond donors (Lipinski definition) is 1. The molecule has 0 bridgehead atoms. The van der Waals surface area contributed by atoms with Gasteiger partial charge in [-0.1, -0.05) is 12.1 Å². The minimum atomic E-state index is -0.526. The third kappa shape index (κ3) is 2.28. The quantitative estimate of drug-likeness (QED) is 0.376. The number of aryl methyl sites for hydroxylation is 1. The molecule has 1 N–H and O–H groups in total. The van der Waals surface area contributed by atoms with Gasteiger partial charge in [-0.2, -0.15) is 8.96 Å². The van der Waals surface area contributed by atoms with Crippen molar-refractivity contribution in [3.8, 4) is 28.5 Å². The van der Waals surface area contributed by atoms with Gasteiger partial charge >= 0.3 is 0 Å². The van der Waals surface area contributed by atoms with Crippen LogP contribution < -0.4 is 14.0 Å². The lowest BCUT2D eigenvalue weighted by atomic mass is 9.96. The summed E-state index contributed by atoms with van der Waals surface area (Å²) in [4.78, 5) is 0. The molecule has 0 spiro atoms. The Morgan fingerprint density at radius 1 is 1.04 bits per heavy atom. The van der Waals surface area contributed by atoms with Crippen molar-refractivity contribution >= 4 is 21.7 Å². The van der Waals surface area contributed by atoms with Gasteiger partial charge in [-0.15, -0.1) is 0 Å². The summed E-state index contributed by atoms with van der Waals surface area (Å²) in [6.45, 7) is -0.210. The van der Waals surface area contributed by atoms with Crippen LogP contribution in [0.2, 0.25) is 0 Å². The Morgan fingerprint density at radius 3 is 2.71 bits per heavy atom. The molecule has 0 amide bonds. The Balaban J connectivity index is 1.94. The molecule has 0 radical (unpaired) electrons. The van der Waals surface area contributed by atoms with Crippen molar-refractivity contribution in [3.63, 3.8) is 0 Å². The van der Waals surface area contributed by atoms with Crippen LogP contribution in [-0.2, 0) is 7.05 Å². The zero-order valence-corrected chi connectivity index (χ0v) is 15.0. The highest BCUT2D eigenvalue weighted by Crippen LogP contribution is 2.47. The maximum Gasteiger partial charge on any atom is 0.253 e. The highest BCUT2D eigenvalue weighted by atomic mass is 19.1. The van der Waals surface area contributed by atoms with Crippen LogP contribution in [0.3, 0.4) is 0 Å². The molecule has 0 fully saturated rings. The molecule has 2 heterocycles. The van der Waals surface area contributed by atoms with Crippen LogP contribution in [0.4, 0.5) is 8.78 Å². The van der Waals surface area contributed by atoms with E-state index in [1.807, 2.05) is 18.2 Å². The molecular formula is C22H16F2NO3+. The van der Waals surface area contributed by atoms with E-state index in [1.54, 1.807) is 29.8 Å². The van der Waals surface area contributed by atoms with Crippen molar-refractivity contribution < 1.29 is 27.9 Å². The van der Waals surface area contributed by atoms with Crippen LogP contribution >= 0.6 is 0 Å². The number of hydrogen-bond acceptors (Lipinski definition) is 3.